The molecule has 0 unspecified atom stereocenters. The van der Waals surface area contributed by atoms with E-state index < -0.39 is 0 Å². The third-order valence-electron chi connectivity index (χ3n) is 2.95. The van der Waals surface area contributed by atoms with Gasteiger partial charge in [-0.25, -0.2) is 4.79 Å². The van der Waals surface area contributed by atoms with Gasteiger partial charge in [-0.2, -0.15) is 0 Å². The second kappa shape index (κ2) is 6.75. The van der Waals surface area contributed by atoms with E-state index in [2.05, 4.69) is 22.7 Å². The van der Waals surface area contributed by atoms with Crippen LogP contribution in [-0.4, -0.2) is 11.2 Å². The summed E-state index contributed by atoms with van der Waals surface area (Å²) in [5.74, 6) is 1.08. The molecule has 1 aromatic carbocycles. The summed E-state index contributed by atoms with van der Waals surface area (Å²) < 4.78 is 4.91. The molecule has 0 radical (unpaired) electrons. The van der Waals surface area contributed by atoms with Crippen LogP contribution in [0.5, 0.6) is 0 Å². The Morgan fingerprint density at radius 3 is 2.70 bits per heavy atom. The Bertz CT molecular complexity index is 551. The third kappa shape index (κ3) is 3.85. The van der Waals surface area contributed by atoms with Crippen LogP contribution >= 0.6 is 0 Å². The van der Waals surface area contributed by atoms with E-state index in [1.807, 2.05) is 30.3 Å². The van der Waals surface area contributed by atoms with E-state index in [-0.39, 0.29) is 12.1 Å². The monoisotopic (exact) mass is 273 g/mol. The molecule has 2 N–H and O–H groups in total. The molecule has 1 heterocycles. The normalized spacial score (nSPS) is 11.9. The second-order valence-electron chi connectivity index (χ2n) is 4.67. The van der Waals surface area contributed by atoms with Crippen molar-refractivity contribution in [1.29, 1.82) is 0 Å². The largest absolute Gasteiger partial charge is 0.360 e. The van der Waals surface area contributed by atoms with E-state index in [1.54, 1.807) is 13.0 Å². The van der Waals surface area contributed by atoms with Crippen LogP contribution in [0.15, 0.2) is 40.9 Å². The van der Waals surface area contributed by atoms with Gasteiger partial charge in [-0.3, -0.25) is 5.32 Å². The van der Waals surface area contributed by atoms with Crippen molar-refractivity contribution in [2.24, 2.45) is 0 Å². The number of nitrogens with zero attached hydrogens (tertiary/aromatic N) is 1. The molecule has 2 aromatic rings. The average molecular weight is 273 g/mol. The summed E-state index contributed by atoms with van der Waals surface area (Å²) in [7, 11) is 0. The Labute approximate surface area is 118 Å². The van der Waals surface area contributed by atoms with E-state index in [4.69, 9.17) is 4.52 Å². The molecule has 0 aliphatic carbocycles. The number of anilines is 1. The molecule has 0 aliphatic heterocycles. The zero-order chi connectivity index (χ0) is 14.4. The number of amides is 2. The molecule has 5 heteroatoms. The van der Waals surface area contributed by atoms with Crippen molar-refractivity contribution in [1.82, 2.24) is 10.5 Å². The van der Waals surface area contributed by atoms with Crippen LogP contribution in [0.1, 0.15) is 37.1 Å². The van der Waals surface area contributed by atoms with Gasteiger partial charge in [-0.05, 0) is 18.9 Å². The van der Waals surface area contributed by atoms with Gasteiger partial charge in [0.1, 0.15) is 5.76 Å². The molecule has 5 nitrogen and oxygen atoms in total. The SMILES string of the molecule is CCC[C@@H](NC(=O)Nc1cc(C)on1)c1ccccc1. The summed E-state index contributed by atoms with van der Waals surface area (Å²) in [4.78, 5) is 12.0. The lowest BCUT2D eigenvalue weighted by Gasteiger charge is -2.18. The van der Waals surface area contributed by atoms with Crippen LogP contribution < -0.4 is 10.6 Å². The van der Waals surface area contributed by atoms with E-state index >= 15 is 0 Å². The number of urea groups is 1. The van der Waals surface area contributed by atoms with Gasteiger partial charge in [0.2, 0.25) is 0 Å². The Balaban J connectivity index is 1.99. The molecule has 0 saturated carbocycles. The van der Waals surface area contributed by atoms with Crippen LogP contribution in [0.25, 0.3) is 0 Å². The summed E-state index contributed by atoms with van der Waals surface area (Å²) in [5.41, 5.74) is 1.10. The Hall–Kier alpha value is -2.30. The fourth-order valence-electron chi connectivity index (χ4n) is 2.03. The Morgan fingerprint density at radius 2 is 2.10 bits per heavy atom. The van der Waals surface area contributed by atoms with Gasteiger partial charge in [0, 0.05) is 6.07 Å². The van der Waals surface area contributed by atoms with Gasteiger partial charge in [0.15, 0.2) is 5.82 Å². The molecule has 0 saturated heterocycles. The minimum absolute atomic E-state index is 0.00537. The molecule has 0 spiro atoms. The first-order valence-corrected chi connectivity index (χ1v) is 6.75. The van der Waals surface area contributed by atoms with E-state index in [0.29, 0.717) is 11.6 Å². The molecule has 106 valence electrons. The summed E-state index contributed by atoms with van der Waals surface area (Å²) in [6, 6.07) is 11.3. The maximum Gasteiger partial charge on any atom is 0.320 e. The van der Waals surface area contributed by atoms with Crippen LogP contribution in [0.4, 0.5) is 10.6 Å². The average Bonchev–Trinajstić information content (AvgIpc) is 2.84. The first-order chi connectivity index (χ1) is 9.69. The molecule has 0 aliphatic rings. The van der Waals surface area contributed by atoms with E-state index in [0.717, 1.165) is 18.4 Å². The van der Waals surface area contributed by atoms with Gasteiger partial charge < -0.3 is 9.84 Å². The molecular weight excluding hydrogens is 254 g/mol. The first-order valence-electron chi connectivity index (χ1n) is 6.75. The number of aryl methyl sites for hydroxylation is 1. The molecular formula is C15H19N3O2. The number of carbonyl (C=O) groups excluding carboxylic acids is 1. The zero-order valence-electron chi connectivity index (χ0n) is 11.7. The van der Waals surface area contributed by atoms with E-state index in [1.165, 1.54) is 0 Å². The van der Waals surface area contributed by atoms with Gasteiger partial charge in [-0.15, -0.1) is 0 Å². The summed E-state index contributed by atoms with van der Waals surface area (Å²) >= 11 is 0. The number of rotatable bonds is 5. The predicted molar refractivity (Wildman–Crippen MR) is 77.5 cm³/mol. The van der Waals surface area contributed by atoms with Gasteiger partial charge in [0.25, 0.3) is 0 Å². The van der Waals surface area contributed by atoms with Crippen molar-refractivity contribution in [2.45, 2.75) is 32.7 Å². The highest BCUT2D eigenvalue weighted by molar-refractivity contribution is 5.88. The fourth-order valence-corrected chi connectivity index (χ4v) is 2.03. The number of benzene rings is 1. The number of hydrogen-bond donors (Lipinski definition) is 2. The molecule has 0 fully saturated rings. The lowest BCUT2D eigenvalue weighted by Crippen LogP contribution is -2.32. The number of aromatic nitrogens is 1. The van der Waals surface area contributed by atoms with Crippen molar-refractivity contribution < 1.29 is 9.32 Å². The standard InChI is InChI=1S/C15H19N3O2/c1-3-7-13(12-8-5-4-6-9-12)16-15(19)17-14-10-11(2)20-18-14/h4-6,8-10,13H,3,7H2,1-2H3,(H2,16,17,18,19)/t13-/m1/s1. The lowest BCUT2D eigenvalue weighted by atomic mass is 10.0. The van der Waals surface area contributed by atoms with Crippen LogP contribution in [0.3, 0.4) is 0 Å². The summed E-state index contributed by atoms with van der Waals surface area (Å²) in [6.45, 7) is 3.87. The molecule has 1 atom stereocenters. The number of hydrogen-bond acceptors (Lipinski definition) is 3. The quantitative estimate of drug-likeness (QED) is 0.873. The molecule has 2 rings (SSSR count). The highest BCUT2D eigenvalue weighted by Gasteiger charge is 2.14. The lowest BCUT2D eigenvalue weighted by molar-refractivity contribution is 0.247. The fraction of sp³-hybridized carbons (Fsp3) is 0.333. The maximum atomic E-state index is 12.0. The first kappa shape index (κ1) is 14.1. The van der Waals surface area contributed by atoms with Crippen LogP contribution in [-0.2, 0) is 0 Å². The topological polar surface area (TPSA) is 67.2 Å². The molecule has 2 amide bonds. The minimum atomic E-state index is -0.277. The Kier molecular flexibility index (Phi) is 4.76. The second-order valence-corrected chi connectivity index (χ2v) is 4.67. The number of carbonyl (C=O) groups is 1. The third-order valence-corrected chi connectivity index (χ3v) is 2.95. The maximum absolute atomic E-state index is 12.0. The van der Waals surface area contributed by atoms with Crippen molar-refractivity contribution in [3.8, 4) is 0 Å². The van der Waals surface area contributed by atoms with Crippen molar-refractivity contribution in [3.63, 3.8) is 0 Å². The van der Waals surface area contributed by atoms with Crippen molar-refractivity contribution >= 4 is 11.8 Å². The van der Waals surface area contributed by atoms with E-state index in [9.17, 15) is 4.79 Å². The van der Waals surface area contributed by atoms with Crippen LogP contribution in [0.2, 0.25) is 0 Å². The highest BCUT2D eigenvalue weighted by atomic mass is 16.5. The molecule has 0 bridgehead atoms. The number of nitrogens with one attached hydrogen (secondary N) is 2. The van der Waals surface area contributed by atoms with Crippen LogP contribution in [0, 0.1) is 6.92 Å². The zero-order valence-corrected chi connectivity index (χ0v) is 11.7. The minimum Gasteiger partial charge on any atom is -0.360 e. The summed E-state index contributed by atoms with van der Waals surface area (Å²) in [6.07, 6.45) is 1.87. The summed E-state index contributed by atoms with van der Waals surface area (Å²) in [5, 5.41) is 9.36. The van der Waals surface area contributed by atoms with Gasteiger partial charge in [0.05, 0.1) is 6.04 Å². The Morgan fingerprint density at radius 1 is 1.35 bits per heavy atom. The molecule has 20 heavy (non-hydrogen) atoms. The van der Waals surface area contributed by atoms with Crippen molar-refractivity contribution in [3.05, 3.63) is 47.7 Å². The van der Waals surface area contributed by atoms with Gasteiger partial charge >= 0.3 is 6.03 Å². The smallest absolute Gasteiger partial charge is 0.320 e. The predicted octanol–water partition coefficient (Wildman–Crippen LogP) is 3.65. The van der Waals surface area contributed by atoms with Crippen molar-refractivity contribution in [2.75, 3.05) is 5.32 Å². The molecule has 1 aromatic heterocycles. The highest BCUT2D eigenvalue weighted by Crippen LogP contribution is 2.18. The van der Waals surface area contributed by atoms with Gasteiger partial charge in [-0.1, -0.05) is 48.8 Å².